The van der Waals surface area contributed by atoms with Gasteiger partial charge < -0.3 is 24.7 Å². The molecule has 0 aliphatic rings. The van der Waals surface area contributed by atoms with Crippen LogP contribution in [0.3, 0.4) is 0 Å². The van der Waals surface area contributed by atoms with Gasteiger partial charge in [-0.15, -0.1) is 0 Å². The Morgan fingerprint density at radius 1 is 1.00 bits per heavy atom. The molecule has 34 heavy (non-hydrogen) atoms. The van der Waals surface area contributed by atoms with Crippen LogP contribution in [0, 0.1) is 0 Å². The van der Waals surface area contributed by atoms with Gasteiger partial charge in [0.25, 0.3) is 0 Å². The van der Waals surface area contributed by atoms with E-state index < -0.39 is 19.9 Å². The molecule has 1 unspecified atom stereocenters. The number of carboxylic acid groups (broad SMARTS) is 1. The Morgan fingerprint density at radius 2 is 1.56 bits per heavy atom. The van der Waals surface area contributed by atoms with Crippen molar-refractivity contribution in [2.75, 3.05) is 40.9 Å². The quantitative estimate of drug-likeness (QED) is 0.103. The minimum atomic E-state index is -4.32. The summed E-state index contributed by atoms with van der Waals surface area (Å²) in [5.41, 5.74) is 0. The lowest BCUT2D eigenvalue weighted by molar-refractivity contribution is -0.873. The van der Waals surface area contributed by atoms with Gasteiger partial charge in [-0.2, -0.15) is 0 Å². The summed E-state index contributed by atoms with van der Waals surface area (Å²) in [6.45, 7) is 0.842. The summed E-state index contributed by atoms with van der Waals surface area (Å²) in [5, 5.41) is 9.96. The third-order valence-corrected chi connectivity index (χ3v) is 6.84. The van der Waals surface area contributed by atoms with E-state index in [9.17, 15) is 14.3 Å². The maximum absolute atomic E-state index is 12.2. The van der Waals surface area contributed by atoms with Gasteiger partial charge in [0.2, 0.25) is 0 Å². The van der Waals surface area contributed by atoms with E-state index >= 15 is 0 Å². The Balaban J connectivity index is 0.0000109. The maximum Gasteiger partial charge on any atom is 0.472 e. The van der Waals surface area contributed by atoms with Crippen molar-refractivity contribution in [3.8, 4) is 5.75 Å². The van der Waals surface area contributed by atoms with Crippen LogP contribution < -0.4 is 4.74 Å². The number of benzene rings is 1. The first kappa shape index (κ1) is 33.4. The number of unbranched alkanes of at least 4 members (excludes halogenated alkanes) is 5. The van der Waals surface area contributed by atoms with E-state index in [2.05, 4.69) is 0 Å². The largest absolute Gasteiger partial charge is 0.870 e. The van der Waals surface area contributed by atoms with Crippen molar-refractivity contribution >= 4 is 48.6 Å². The first-order valence-electron chi connectivity index (χ1n) is 10.7. The highest BCUT2D eigenvalue weighted by atomic mass is 35.5. The van der Waals surface area contributed by atoms with Crippen LogP contribution in [0.1, 0.15) is 44.9 Å². The van der Waals surface area contributed by atoms with Gasteiger partial charge in [-0.3, -0.25) is 13.8 Å². The molecule has 3 N–H and O–H groups in total. The molecule has 9 nitrogen and oxygen atoms in total. The normalized spacial score (nSPS) is 14.2. The van der Waals surface area contributed by atoms with E-state index in [1.54, 1.807) is 12.1 Å². The van der Waals surface area contributed by atoms with Gasteiger partial charge in [-0.1, -0.05) is 60.5 Å². The molecule has 0 amide bonds. The van der Waals surface area contributed by atoms with Crippen LogP contribution in [0.15, 0.2) is 12.1 Å². The van der Waals surface area contributed by atoms with Gasteiger partial charge in [-0.25, -0.2) is 4.57 Å². The second-order valence-corrected chi connectivity index (χ2v) is 11.3. The van der Waals surface area contributed by atoms with E-state index in [4.69, 9.17) is 53.7 Å². The van der Waals surface area contributed by atoms with E-state index in [-0.39, 0.29) is 30.1 Å². The summed E-state index contributed by atoms with van der Waals surface area (Å²) in [6.07, 6.45) is 3.88. The average Bonchev–Trinajstić information content (AvgIpc) is 2.66. The minimum absolute atomic E-state index is 0. The lowest BCUT2D eigenvalue weighted by Gasteiger charge is -2.29. The number of hydrogen-bond donors (Lipinski definition) is 2. The Kier molecular flexibility index (Phi) is 15.9. The number of carboxylic acids is 1. The van der Waals surface area contributed by atoms with Gasteiger partial charge in [0, 0.05) is 0 Å². The SMILES string of the molecule is C[N+](C)(C)C[C@@H](CC(=O)O)OP(=O)(O)OCCCCCCCCOc1ccc(Cl)c(Cl)c1Cl.[OH-]. The number of aliphatic carboxylic acids is 1. The molecular weight excluding hydrogens is 532 g/mol. The van der Waals surface area contributed by atoms with Crippen LogP contribution in [0.25, 0.3) is 0 Å². The molecule has 0 saturated heterocycles. The van der Waals surface area contributed by atoms with E-state index in [1.807, 2.05) is 21.1 Å². The lowest BCUT2D eigenvalue weighted by atomic mass is 10.1. The molecule has 0 heterocycles. The highest BCUT2D eigenvalue weighted by Crippen LogP contribution is 2.45. The predicted octanol–water partition coefficient (Wildman–Crippen LogP) is 5.87. The summed E-state index contributed by atoms with van der Waals surface area (Å²) in [6, 6.07) is 3.33. The molecule has 0 radical (unpaired) electrons. The van der Waals surface area contributed by atoms with Gasteiger partial charge in [0.05, 0.1) is 50.8 Å². The first-order valence-corrected chi connectivity index (χ1v) is 13.4. The third-order valence-electron chi connectivity index (χ3n) is 4.49. The third kappa shape index (κ3) is 14.7. The molecule has 1 aromatic carbocycles. The zero-order chi connectivity index (χ0) is 25.1. The van der Waals surface area contributed by atoms with Crippen molar-refractivity contribution in [1.29, 1.82) is 0 Å². The summed E-state index contributed by atoms with van der Waals surface area (Å²) < 4.78 is 28.3. The van der Waals surface area contributed by atoms with Gasteiger partial charge in [-0.05, 0) is 25.0 Å². The number of ether oxygens (including phenoxy) is 1. The zero-order valence-corrected chi connectivity index (χ0v) is 22.9. The standard InChI is InChI=1S/C21H33Cl3NO7P.H2O/c1-25(2,3)15-16(14-19(26)27)32-33(28,29)31-13-9-7-5-4-6-8-12-30-18-11-10-17(22)20(23)21(18)24;/h10-11,16H,4-9,12-15H2,1-3H3,(H-,26,27,28,29);1H2/t16-;/m1./s1. The molecule has 2 atom stereocenters. The molecule has 198 valence electrons. The van der Waals surface area contributed by atoms with Gasteiger partial charge in [0.15, 0.2) is 0 Å². The average molecular weight is 567 g/mol. The molecule has 0 aliphatic heterocycles. The Labute approximate surface area is 216 Å². The van der Waals surface area contributed by atoms with Crippen molar-refractivity contribution < 1.29 is 43.1 Å². The van der Waals surface area contributed by atoms with Crippen LogP contribution in [0.2, 0.25) is 15.1 Å². The molecule has 1 aromatic rings. The van der Waals surface area contributed by atoms with E-state index in [0.29, 0.717) is 33.3 Å². The van der Waals surface area contributed by atoms with Crippen LogP contribution in [0.5, 0.6) is 5.75 Å². The number of quaternary nitrogens is 1. The molecule has 1 rings (SSSR count). The van der Waals surface area contributed by atoms with Crippen molar-refractivity contribution in [2.45, 2.75) is 51.0 Å². The molecule has 0 saturated carbocycles. The van der Waals surface area contributed by atoms with E-state index in [1.165, 1.54) is 0 Å². The molecule has 0 aliphatic carbocycles. The second kappa shape index (κ2) is 16.2. The molecule has 0 fully saturated rings. The van der Waals surface area contributed by atoms with Crippen LogP contribution in [0.4, 0.5) is 0 Å². The zero-order valence-electron chi connectivity index (χ0n) is 19.7. The minimum Gasteiger partial charge on any atom is -0.870 e. The smallest absolute Gasteiger partial charge is 0.472 e. The number of phosphoric ester groups is 1. The Hall–Kier alpha value is -0.610. The Morgan fingerprint density at radius 3 is 2.12 bits per heavy atom. The summed E-state index contributed by atoms with van der Waals surface area (Å²) in [4.78, 5) is 20.9. The van der Waals surface area contributed by atoms with Crippen molar-refractivity contribution in [1.82, 2.24) is 0 Å². The lowest BCUT2D eigenvalue weighted by Crippen LogP contribution is -2.42. The summed E-state index contributed by atoms with van der Waals surface area (Å²) >= 11 is 18.0. The van der Waals surface area contributed by atoms with Gasteiger partial charge >= 0.3 is 13.8 Å². The van der Waals surface area contributed by atoms with Gasteiger partial charge in [0.1, 0.15) is 23.4 Å². The number of carbonyl (C=O) groups is 1. The first-order chi connectivity index (χ1) is 15.3. The predicted molar refractivity (Wildman–Crippen MR) is 132 cm³/mol. The fourth-order valence-electron chi connectivity index (χ4n) is 3.05. The number of hydrogen-bond acceptors (Lipinski definition) is 6. The number of nitrogens with zero attached hydrogens (tertiary/aromatic N) is 1. The van der Waals surface area contributed by atoms with E-state index in [0.717, 1.165) is 32.1 Å². The number of rotatable bonds is 17. The van der Waals surface area contributed by atoms with Crippen molar-refractivity contribution in [2.24, 2.45) is 0 Å². The number of likely N-dealkylation sites (N-methyl/N-ethyl adjacent to an activating group) is 1. The summed E-state index contributed by atoms with van der Waals surface area (Å²) in [5.74, 6) is -0.593. The van der Waals surface area contributed by atoms with Crippen LogP contribution in [-0.4, -0.2) is 72.9 Å². The number of phosphoric acid groups is 1. The number of halogens is 3. The van der Waals surface area contributed by atoms with Crippen molar-refractivity contribution in [3.05, 3.63) is 27.2 Å². The molecular formula is C21H35Cl3NO8P. The summed E-state index contributed by atoms with van der Waals surface area (Å²) in [7, 11) is 1.21. The van der Waals surface area contributed by atoms with Crippen LogP contribution >= 0.6 is 42.6 Å². The highest BCUT2D eigenvalue weighted by Gasteiger charge is 2.31. The monoisotopic (exact) mass is 565 g/mol. The fourth-order valence-corrected chi connectivity index (χ4v) is 4.57. The molecule has 0 aromatic heterocycles. The fraction of sp³-hybridized carbons (Fsp3) is 0.667. The highest BCUT2D eigenvalue weighted by molar-refractivity contribution is 7.47. The molecule has 0 bridgehead atoms. The maximum atomic E-state index is 12.2. The Bertz CT molecular complexity index is 807. The van der Waals surface area contributed by atoms with Crippen LogP contribution in [-0.2, 0) is 18.4 Å². The topological polar surface area (TPSA) is 132 Å². The van der Waals surface area contributed by atoms with Crippen molar-refractivity contribution in [3.63, 3.8) is 0 Å². The second-order valence-electron chi connectivity index (χ2n) is 8.74. The molecule has 0 spiro atoms. The molecule has 13 heteroatoms.